The van der Waals surface area contributed by atoms with Gasteiger partial charge in [-0.3, -0.25) is 4.79 Å². The first kappa shape index (κ1) is 17.9. The number of likely N-dealkylation sites (tertiary alicyclic amines) is 1. The first-order valence-electron chi connectivity index (χ1n) is 9.21. The number of hydrogen-bond donors (Lipinski definition) is 2. The summed E-state index contributed by atoms with van der Waals surface area (Å²) in [7, 11) is 3.31. The van der Waals surface area contributed by atoms with Crippen LogP contribution in [0.4, 0.5) is 5.69 Å². The molecule has 6 nitrogen and oxygen atoms in total. The number of amides is 1. The summed E-state index contributed by atoms with van der Waals surface area (Å²) >= 11 is 0. The molecule has 2 fully saturated rings. The second-order valence-electron chi connectivity index (χ2n) is 6.85. The molecule has 2 aliphatic rings. The van der Waals surface area contributed by atoms with Gasteiger partial charge in [-0.05, 0) is 32.2 Å². The molecule has 0 aromatic heterocycles. The Kier molecular flexibility index (Phi) is 6.02. The van der Waals surface area contributed by atoms with E-state index in [9.17, 15) is 4.79 Å². The van der Waals surface area contributed by atoms with Crippen LogP contribution >= 0.6 is 0 Å². The van der Waals surface area contributed by atoms with E-state index in [-0.39, 0.29) is 11.9 Å². The van der Waals surface area contributed by atoms with Gasteiger partial charge in [0.05, 0.1) is 20.3 Å². The number of piperidine rings is 2. The maximum atomic E-state index is 12.6. The molecule has 0 aliphatic carbocycles. The highest BCUT2D eigenvalue weighted by Gasteiger charge is 2.29. The van der Waals surface area contributed by atoms with E-state index in [1.807, 2.05) is 23.1 Å². The van der Waals surface area contributed by atoms with Crippen molar-refractivity contribution in [3.63, 3.8) is 0 Å². The van der Waals surface area contributed by atoms with Gasteiger partial charge in [-0.15, -0.1) is 0 Å². The van der Waals surface area contributed by atoms with E-state index < -0.39 is 0 Å². The minimum absolute atomic E-state index is 0.0286. The normalized spacial score (nSPS) is 21.7. The number of benzene rings is 1. The number of nitrogens with zero attached hydrogens (tertiary/aromatic N) is 1. The predicted octanol–water partition coefficient (Wildman–Crippen LogP) is 2.25. The number of carbonyl (C=O) groups excluding carboxylic acids is 1. The lowest BCUT2D eigenvalue weighted by Crippen LogP contribution is -2.51. The Morgan fingerprint density at radius 2 is 1.76 bits per heavy atom. The third-order valence-corrected chi connectivity index (χ3v) is 5.14. The van der Waals surface area contributed by atoms with Crippen LogP contribution in [-0.4, -0.2) is 56.7 Å². The van der Waals surface area contributed by atoms with Gasteiger partial charge in [0, 0.05) is 43.0 Å². The van der Waals surface area contributed by atoms with Gasteiger partial charge in [0.25, 0.3) is 0 Å². The van der Waals surface area contributed by atoms with Gasteiger partial charge in [0.1, 0.15) is 11.5 Å². The molecule has 1 amide bonds. The smallest absolute Gasteiger partial charge is 0.239 e. The van der Waals surface area contributed by atoms with Gasteiger partial charge >= 0.3 is 0 Å². The van der Waals surface area contributed by atoms with Crippen molar-refractivity contribution < 1.29 is 14.3 Å². The van der Waals surface area contributed by atoms with E-state index in [4.69, 9.17) is 9.47 Å². The summed E-state index contributed by atoms with van der Waals surface area (Å²) in [5, 5.41) is 6.91. The number of carbonyl (C=O) groups is 1. The first-order valence-corrected chi connectivity index (χ1v) is 9.21. The van der Waals surface area contributed by atoms with Gasteiger partial charge in [-0.2, -0.15) is 0 Å². The Hall–Kier alpha value is -1.95. The molecular formula is C19H29N3O3. The number of hydrogen-bond acceptors (Lipinski definition) is 5. The highest BCUT2D eigenvalue weighted by Crippen LogP contribution is 2.27. The summed E-state index contributed by atoms with van der Waals surface area (Å²) in [5.74, 6) is 1.83. The molecule has 25 heavy (non-hydrogen) atoms. The van der Waals surface area contributed by atoms with Crippen molar-refractivity contribution in [3.05, 3.63) is 18.2 Å². The highest BCUT2D eigenvalue weighted by atomic mass is 16.5. The SMILES string of the molecule is COc1cc(NC2CCN(C(=O)[C@H]3CCCCN3)CC2)cc(OC)c1. The third-order valence-electron chi connectivity index (χ3n) is 5.14. The van der Waals surface area contributed by atoms with Crippen LogP contribution < -0.4 is 20.1 Å². The van der Waals surface area contributed by atoms with Crippen LogP contribution in [0, 0.1) is 0 Å². The van der Waals surface area contributed by atoms with E-state index in [1.165, 1.54) is 6.42 Å². The fraction of sp³-hybridized carbons (Fsp3) is 0.632. The minimum Gasteiger partial charge on any atom is -0.497 e. The summed E-state index contributed by atoms with van der Waals surface area (Å²) in [6.07, 6.45) is 5.22. The Morgan fingerprint density at radius 3 is 2.32 bits per heavy atom. The highest BCUT2D eigenvalue weighted by molar-refractivity contribution is 5.82. The lowest BCUT2D eigenvalue weighted by Gasteiger charge is -2.36. The van der Waals surface area contributed by atoms with Crippen LogP contribution in [0.15, 0.2) is 18.2 Å². The average molecular weight is 347 g/mol. The molecule has 0 saturated carbocycles. The number of anilines is 1. The van der Waals surface area contributed by atoms with Crippen LogP contribution in [-0.2, 0) is 4.79 Å². The van der Waals surface area contributed by atoms with Gasteiger partial charge in [-0.25, -0.2) is 0 Å². The van der Waals surface area contributed by atoms with Crippen molar-refractivity contribution in [2.45, 2.75) is 44.2 Å². The van der Waals surface area contributed by atoms with Crippen molar-refractivity contribution in [2.75, 3.05) is 39.2 Å². The molecule has 1 aromatic rings. The monoisotopic (exact) mass is 347 g/mol. The van der Waals surface area contributed by atoms with E-state index in [0.717, 1.165) is 62.5 Å². The molecule has 2 aliphatic heterocycles. The summed E-state index contributed by atoms with van der Waals surface area (Å²) in [6.45, 7) is 2.59. The van der Waals surface area contributed by atoms with Gasteiger partial charge in [-0.1, -0.05) is 6.42 Å². The molecule has 138 valence electrons. The Labute approximate surface area is 149 Å². The molecule has 0 unspecified atom stereocenters. The van der Waals surface area contributed by atoms with Crippen molar-refractivity contribution in [1.82, 2.24) is 10.2 Å². The second kappa shape index (κ2) is 8.43. The maximum Gasteiger partial charge on any atom is 0.239 e. The van der Waals surface area contributed by atoms with Crippen LogP contribution in [0.5, 0.6) is 11.5 Å². The summed E-state index contributed by atoms with van der Waals surface area (Å²) in [6, 6.07) is 6.21. The second-order valence-corrected chi connectivity index (χ2v) is 6.85. The topological polar surface area (TPSA) is 62.8 Å². The fourth-order valence-electron chi connectivity index (χ4n) is 3.65. The zero-order chi connectivity index (χ0) is 17.6. The quantitative estimate of drug-likeness (QED) is 0.855. The maximum absolute atomic E-state index is 12.6. The molecule has 2 heterocycles. The van der Waals surface area contributed by atoms with Crippen molar-refractivity contribution in [1.29, 1.82) is 0 Å². The summed E-state index contributed by atoms with van der Waals surface area (Å²) < 4.78 is 10.6. The number of ether oxygens (including phenoxy) is 2. The number of methoxy groups -OCH3 is 2. The van der Waals surface area contributed by atoms with Crippen LogP contribution in [0.2, 0.25) is 0 Å². The standard InChI is InChI=1S/C19H29N3O3/c1-24-16-11-15(12-17(13-16)25-2)21-14-6-9-22(10-7-14)19(23)18-5-3-4-8-20-18/h11-14,18,20-21H,3-10H2,1-2H3/t18-/m1/s1. The molecule has 1 atom stereocenters. The van der Waals surface area contributed by atoms with E-state index in [0.29, 0.717) is 6.04 Å². The molecule has 0 spiro atoms. The van der Waals surface area contributed by atoms with Crippen molar-refractivity contribution >= 4 is 11.6 Å². The lowest BCUT2D eigenvalue weighted by atomic mass is 10.00. The van der Waals surface area contributed by atoms with Crippen molar-refractivity contribution in [3.8, 4) is 11.5 Å². The largest absolute Gasteiger partial charge is 0.497 e. The molecule has 2 N–H and O–H groups in total. The molecule has 0 bridgehead atoms. The molecule has 2 saturated heterocycles. The van der Waals surface area contributed by atoms with Crippen molar-refractivity contribution in [2.24, 2.45) is 0 Å². The molecule has 6 heteroatoms. The predicted molar refractivity (Wildman–Crippen MR) is 98.4 cm³/mol. The van der Waals surface area contributed by atoms with Crippen LogP contribution in [0.3, 0.4) is 0 Å². The van der Waals surface area contributed by atoms with Gasteiger partial charge < -0.3 is 25.0 Å². The van der Waals surface area contributed by atoms with Crippen LogP contribution in [0.25, 0.3) is 0 Å². The number of rotatable bonds is 5. The summed E-state index contributed by atoms with van der Waals surface area (Å²) in [4.78, 5) is 14.6. The molecule has 1 aromatic carbocycles. The zero-order valence-electron chi connectivity index (χ0n) is 15.2. The number of nitrogens with one attached hydrogen (secondary N) is 2. The van der Waals surface area contributed by atoms with E-state index >= 15 is 0 Å². The Morgan fingerprint density at radius 1 is 1.08 bits per heavy atom. The zero-order valence-corrected chi connectivity index (χ0v) is 15.2. The Bertz CT molecular complexity index is 557. The van der Waals surface area contributed by atoms with Crippen LogP contribution in [0.1, 0.15) is 32.1 Å². The average Bonchev–Trinajstić information content (AvgIpc) is 2.68. The Balaban J connectivity index is 1.53. The molecule has 0 radical (unpaired) electrons. The van der Waals surface area contributed by atoms with Gasteiger partial charge in [0.15, 0.2) is 0 Å². The van der Waals surface area contributed by atoms with Gasteiger partial charge in [0.2, 0.25) is 5.91 Å². The van der Waals surface area contributed by atoms with E-state index in [2.05, 4.69) is 10.6 Å². The minimum atomic E-state index is 0.0286. The molecule has 3 rings (SSSR count). The summed E-state index contributed by atoms with van der Waals surface area (Å²) in [5.41, 5.74) is 0.995. The van der Waals surface area contributed by atoms with E-state index in [1.54, 1.807) is 14.2 Å². The first-order chi connectivity index (χ1) is 12.2. The third kappa shape index (κ3) is 4.57. The lowest BCUT2D eigenvalue weighted by molar-refractivity contribution is -0.135. The molecular weight excluding hydrogens is 318 g/mol. The fourth-order valence-corrected chi connectivity index (χ4v) is 3.65.